The van der Waals surface area contributed by atoms with Crippen LogP contribution in [0, 0.1) is 11.8 Å². The second kappa shape index (κ2) is 12.5. The van der Waals surface area contributed by atoms with Crippen LogP contribution in [0.15, 0.2) is 18.2 Å². The molecule has 29 heavy (non-hydrogen) atoms. The summed E-state index contributed by atoms with van der Waals surface area (Å²) >= 11 is 0. The Balaban J connectivity index is 3.35. The van der Waals surface area contributed by atoms with Gasteiger partial charge in [0.05, 0.1) is 18.4 Å². The van der Waals surface area contributed by atoms with E-state index in [1.807, 2.05) is 6.92 Å². The zero-order valence-electron chi connectivity index (χ0n) is 18.6. The number of aliphatic carboxylic acids is 2. The van der Waals surface area contributed by atoms with Crippen molar-refractivity contribution in [2.24, 2.45) is 11.8 Å². The Morgan fingerprint density at radius 3 is 1.83 bits per heavy atom. The molecule has 1 aromatic carbocycles. The summed E-state index contributed by atoms with van der Waals surface area (Å²) in [4.78, 5) is 24.3. The molecule has 0 fully saturated rings. The number of carboxylic acid groups (broad SMARTS) is 2. The van der Waals surface area contributed by atoms with Crippen molar-refractivity contribution in [3.8, 4) is 5.75 Å². The molecular formula is C24H38O5. The molecule has 0 heterocycles. The van der Waals surface area contributed by atoms with Gasteiger partial charge in [-0.3, -0.25) is 9.59 Å². The minimum Gasteiger partial charge on any atom is -0.494 e. The molecule has 2 unspecified atom stereocenters. The lowest BCUT2D eigenvalue weighted by Crippen LogP contribution is -2.20. The van der Waals surface area contributed by atoms with Crippen LogP contribution in [0.2, 0.25) is 0 Å². The van der Waals surface area contributed by atoms with E-state index >= 15 is 0 Å². The van der Waals surface area contributed by atoms with E-state index in [0.29, 0.717) is 48.2 Å². The molecule has 0 saturated carbocycles. The summed E-state index contributed by atoms with van der Waals surface area (Å²) in [5.41, 5.74) is 1.13. The summed E-state index contributed by atoms with van der Waals surface area (Å²) in [7, 11) is 0. The smallest absolute Gasteiger partial charge is 0.311 e. The van der Waals surface area contributed by atoms with Crippen LogP contribution in [0.5, 0.6) is 5.75 Å². The fourth-order valence-electron chi connectivity index (χ4n) is 3.78. The van der Waals surface area contributed by atoms with Crippen molar-refractivity contribution in [1.29, 1.82) is 0 Å². The molecule has 0 aromatic heterocycles. The average molecular weight is 407 g/mol. The standard InChI is InChI=1S/C24H38O5/c1-6-29-21-15-9-12-18(19(23(25)26)13-7-10-16(2)3)22(21)20(24(27)28)14-8-11-17(4)5/h9,12,15-17,19-20H,6-8,10-11,13-14H2,1-5H3,(H,25,26)(H,27,28). The summed E-state index contributed by atoms with van der Waals surface area (Å²) in [6, 6.07) is 5.30. The quantitative estimate of drug-likeness (QED) is 0.391. The third kappa shape index (κ3) is 8.08. The molecular weight excluding hydrogens is 368 g/mol. The fourth-order valence-corrected chi connectivity index (χ4v) is 3.78. The topological polar surface area (TPSA) is 83.8 Å². The molecule has 164 valence electrons. The number of hydrogen-bond acceptors (Lipinski definition) is 3. The van der Waals surface area contributed by atoms with E-state index in [9.17, 15) is 19.8 Å². The van der Waals surface area contributed by atoms with E-state index in [1.54, 1.807) is 18.2 Å². The van der Waals surface area contributed by atoms with E-state index in [0.717, 1.165) is 25.7 Å². The van der Waals surface area contributed by atoms with Gasteiger partial charge in [0.1, 0.15) is 5.75 Å². The first kappa shape index (κ1) is 25.0. The SMILES string of the molecule is CCOc1cccc(C(CCCC(C)C)C(=O)O)c1C(CCCC(C)C)C(=O)O. The van der Waals surface area contributed by atoms with E-state index in [1.165, 1.54) is 0 Å². The van der Waals surface area contributed by atoms with Gasteiger partial charge >= 0.3 is 11.9 Å². The Morgan fingerprint density at radius 1 is 0.862 bits per heavy atom. The third-order valence-electron chi connectivity index (χ3n) is 5.27. The van der Waals surface area contributed by atoms with Gasteiger partial charge in [0.15, 0.2) is 0 Å². The molecule has 0 bridgehead atoms. The van der Waals surface area contributed by atoms with Crippen LogP contribution in [0.3, 0.4) is 0 Å². The van der Waals surface area contributed by atoms with Gasteiger partial charge < -0.3 is 14.9 Å². The number of benzene rings is 1. The van der Waals surface area contributed by atoms with E-state index in [4.69, 9.17) is 4.74 Å². The van der Waals surface area contributed by atoms with Crippen molar-refractivity contribution in [1.82, 2.24) is 0 Å². The van der Waals surface area contributed by atoms with Crippen LogP contribution in [-0.2, 0) is 9.59 Å². The first-order valence-corrected chi connectivity index (χ1v) is 10.9. The first-order valence-electron chi connectivity index (χ1n) is 10.9. The Labute approximate surface area is 175 Å². The number of carbonyl (C=O) groups is 2. The summed E-state index contributed by atoms with van der Waals surface area (Å²) in [6.07, 6.45) is 4.42. The van der Waals surface area contributed by atoms with Gasteiger partial charge in [-0.15, -0.1) is 0 Å². The molecule has 0 aliphatic heterocycles. The molecule has 0 saturated heterocycles. The first-order chi connectivity index (χ1) is 13.7. The molecule has 0 radical (unpaired) electrons. The lowest BCUT2D eigenvalue weighted by molar-refractivity contribution is -0.140. The second-order valence-corrected chi connectivity index (χ2v) is 8.62. The van der Waals surface area contributed by atoms with E-state index < -0.39 is 23.8 Å². The van der Waals surface area contributed by atoms with Gasteiger partial charge in [0, 0.05) is 5.56 Å². The van der Waals surface area contributed by atoms with Crippen molar-refractivity contribution in [3.63, 3.8) is 0 Å². The van der Waals surface area contributed by atoms with Crippen molar-refractivity contribution in [2.75, 3.05) is 6.61 Å². The van der Waals surface area contributed by atoms with Crippen LogP contribution in [0.1, 0.15) is 96.1 Å². The van der Waals surface area contributed by atoms with Crippen LogP contribution in [0.25, 0.3) is 0 Å². The molecule has 0 aliphatic carbocycles. The molecule has 2 N–H and O–H groups in total. The van der Waals surface area contributed by atoms with Crippen LogP contribution < -0.4 is 4.74 Å². The molecule has 5 nitrogen and oxygen atoms in total. The molecule has 0 aliphatic rings. The summed E-state index contributed by atoms with van der Waals surface area (Å²) in [6.45, 7) is 10.7. The number of ether oxygens (including phenoxy) is 1. The van der Waals surface area contributed by atoms with E-state index in [2.05, 4.69) is 27.7 Å². The molecule has 1 rings (SSSR count). The maximum atomic E-state index is 12.2. The zero-order chi connectivity index (χ0) is 22.0. The van der Waals surface area contributed by atoms with Gasteiger partial charge in [0.2, 0.25) is 0 Å². The van der Waals surface area contributed by atoms with E-state index in [-0.39, 0.29) is 0 Å². The third-order valence-corrected chi connectivity index (χ3v) is 5.27. The Morgan fingerprint density at radius 2 is 1.38 bits per heavy atom. The van der Waals surface area contributed by atoms with Gasteiger partial charge in [0.25, 0.3) is 0 Å². The highest BCUT2D eigenvalue weighted by atomic mass is 16.5. The summed E-state index contributed by atoms with van der Waals surface area (Å²) < 4.78 is 5.75. The normalized spacial score (nSPS) is 13.5. The summed E-state index contributed by atoms with van der Waals surface area (Å²) in [5, 5.41) is 19.9. The monoisotopic (exact) mass is 406 g/mol. The minimum atomic E-state index is -0.923. The maximum absolute atomic E-state index is 12.2. The van der Waals surface area contributed by atoms with Gasteiger partial charge in [-0.05, 0) is 43.2 Å². The van der Waals surface area contributed by atoms with Crippen molar-refractivity contribution < 1.29 is 24.5 Å². The average Bonchev–Trinajstić information content (AvgIpc) is 2.62. The number of hydrogen-bond donors (Lipinski definition) is 2. The Kier molecular flexibility index (Phi) is 10.8. The van der Waals surface area contributed by atoms with Crippen molar-refractivity contribution in [2.45, 2.75) is 85.0 Å². The predicted molar refractivity (Wildman–Crippen MR) is 116 cm³/mol. The highest BCUT2D eigenvalue weighted by molar-refractivity contribution is 5.82. The van der Waals surface area contributed by atoms with Gasteiger partial charge in [-0.25, -0.2) is 0 Å². The van der Waals surface area contributed by atoms with Gasteiger partial charge in [-0.1, -0.05) is 65.5 Å². The van der Waals surface area contributed by atoms with Crippen LogP contribution >= 0.6 is 0 Å². The van der Waals surface area contributed by atoms with Gasteiger partial charge in [-0.2, -0.15) is 0 Å². The Bertz CT molecular complexity index is 651. The molecule has 0 spiro atoms. The molecule has 0 amide bonds. The number of rotatable bonds is 14. The molecule has 5 heteroatoms. The van der Waals surface area contributed by atoms with Crippen LogP contribution in [0.4, 0.5) is 0 Å². The van der Waals surface area contributed by atoms with Crippen LogP contribution in [-0.4, -0.2) is 28.8 Å². The zero-order valence-corrected chi connectivity index (χ0v) is 18.6. The highest BCUT2D eigenvalue weighted by Gasteiger charge is 2.31. The van der Waals surface area contributed by atoms with Crippen molar-refractivity contribution in [3.05, 3.63) is 29.3 Å². The second-order valence-electron chi connectivity index (χ2n) is 8.62. The lowest BCUT2D eigenvalue weighted by Gasteiger charge is -2.24. The molecule has 2 atom stereocenters. The fraction of sp³-hybridized carbons (Fsp3) is 0.667. The minimum absolute atomic E-state index is 0.403. The maximum Gasteiger partial charge on any atom is 0.311 e. The predicted octanol–water partition coefficient (Wildman–Crippen LogP) is 6.07. The van der Waals surface area contributed by atoms with Crippen molar-refractivity contribution >= 4 is 11.9 Å². The highest BCUT2D eigenvalue weighted by Crippen LogP contribution is 2.39. The Hall–Kier alpha value is -2.04. The lowest BCUT2D eigenvalue weighted by atomic mass is 9.81. The number of carboxylic acids is 2. The summed E-state index contributed by atoms with van der Waals surface area (Å²) in [5.74, 6) is -1.83. The molecule has 1 aromatic rings. The largest absolute Gasteiger partial charge is 0.494 e.